The van der Waals surface area contributed by atoms with Crippen molar-refractivity contribution < 1.29 is 4.74 Å². The van der Waals surface area contributed by atoms with Crippen LogP contribution in [-0.4, -0.2) is 12.7 Å². The summed E-state index contributed by atoms with van der Waals surface area (Å²) in [7, 11) is 0. The Morgan fingerprint density at radius 2 is 1.79 bits per heavy atom. The standard InChI is InChI=1S/C13H24O/c1-13(2,3)11-8-10-6-4-5-7-12(10)14-9-11/h10-12H,4-9H2,1-3H3. The first kappa shape index (κ1) is 10.5. The van der Waals surface area contributed by atoms with Gasteiger partial charge in [-0.15, -0.1) is 0 Å². The number of ether oxygens (including phenoxy) is 1. The van der Waals surface area contributed by atoms with Crippen molar-refractivity contribution in [2.75, 3.05) is 6.61 Å². The second kappa shape index (κ2) is 3.84. The van der Waals surface area contributed by atoms with Crippen molar-refractivity contribution in [2.45, 2.75) is 59.0 Å². The van der Waals surface area contributed by atoms with E-state index in [9.17, 15) is 0 Å². The van der Waals surface area contributed by atoms with Crippen LogP contribution >= 0.6 is 0 Å². The molecule has 0 bridgehead atoms. The minimum atomic E-state index is 0.433. The van der Waals surface area contributed by atoms with E-state index in [0.717, 1.165) is 18.4 Å². The van der Waals surface area contributed by atoms with Gasteiger partial charge in [0, 0.05) is 0 Å². The summed E-state index contributed by atoms with van der Waals surface area (Å²) < 4.78 is 6.02. The van der Waals surface area contributed by atoms with Crippen LogP contribution in [0.15, 0.2) is 0 Å². The highest BCUT2D eigenvalue weighted by Crippen LogP contribution is 2.41. The van der Waals surface area contributed by atoms with Crippen LogP contribution in [0.3, 0.4) is 0 Å². The minimum absolute atomic E-state index is 0.433. The lowest BCUT2D eigenvalue weighted by molar-refractivity contribution is -0.0973. The topological polar surface area (TPSA) is 9.23 Å². The molecule has 1 aliphatic heterocycles. The van der Waals surface area contributed by atoms with Gasteiger partial charge in [0.1, 0.15) is 0 Å². The first-order chi connectivity index (χ1) is 6.57. The van der Waals surface area contributed by atoms with Gasteiger partial charge < -0.3 is 4.74 Å². The van der Waals surface area contributed by atoms with Crippen molar-refractivity contribution in [1.82, 2.24) is 0 Å². The molecule has 1 aliphatic carbocycles. The van der Waals surface area contributed by atoms with Gasteiger partial charge in [0.25, 0.3) is 0 Å². The van der Waals surface area contributed by atoms with Crippen LogP contribution in [0.2, 0.25) is 0 Å². The van der Waals surface area contributed by atoms with Gasteiger partial charge in [-0.1, -0.05) is 33.6 Å². The van der Waals surface area contributed by atoms with E-state index in [-0.39, 0.29) is 0 Å². The van der Waals surface area contributed by atoms with Crippen LogP contribution in [0, 0.1) is 17.3 Å². The van der Waals surface area contributed by atoms with Gasteiger partial charge in [0.15, 0.2) is 0 Å². The van der Waals surface area contributed by atoms with Crippen LogP contribution in [0.5, 0.6) is 0 Å². The molecule has 1 nitrogen and oxygen atoms in total. The van der Waals surface area contributed by atoms with Gasteiger partial charge in [-0.05, 0) is 36.5 Å². The molecule has 0 amide bonds. The van der Waals surface area contributed by atoms with Gasteiger partial charge in [0.2, 0.25) is 0 Å². The van der Waals surface area contributed by atoms with Crippen LogP contribution in [-0.2, 0) is 4.74 Å². The average molecular weight is 196 g/mol. The van der Waals surface area contributed by atoms with E-state index in [0.29, 0.717) is 11.5 Å². The van der Waals surface area contributed by atoms with E-state index in [1.54, 1.807) is 0 Å². The molecular formula is C13H24O. The number of rotatable bonds is 0. The Morgan fingerprint density at radius 1 is 1.07 bits per heavy atom. The summed E-state index contributed by atoms with van der Waals surface area (Å²) in [6.07, 6.45) is 7.58. The summed E-state index contributed by atoms with van der Waals surface area (Å²) >= 11 is 0. The van der Waals surface area contributed by atoms with Crippen molar-refractivity contribution in [3.63, 3.8) is 0 Å². The van der Waals surface area contributed by atoms with Gasteiger partial charge >= 0.3 is 0 Å². The predicted molar refractivity (Wildman–Crippen MR) is 59.3 cm³/mol. The van der Waals surface area contributed by atoms with Crippen molar-refractivity contribution >= 4 is 0 Å². The Balaban J connectivity index is 1.96. The lowest BCUT2D eigenvalue weighted by Gasteiger charge is -2.43. The highest BCUT2D eigenvalue weighted by Gasteiger charge is 2.37. The highest BCUT2D eigenvalue weighted by atomic mass is 16.5. The Morgan fingerprint density at radius 3 is 2.50 bits per heavy atom. The van der Waals surface area contributed by atoms with Crippen molar-refractivity contribution in [3.05, 3.63) is 0 Å². The molecule has 1 saturated heterocycles. The molecule has 0 spiro atoms. The van der Waals surface area contributed by atoms with Crippen LogP contribution in [0.25, 0.3) is 0 Å². The summed E-state index contributed by atoms with van der Waals surface area (Å²) in [5.41, 5.74) is 0.433. The van der Waals surface area contributed by atoms with Crippen LogP contribution in [0.4, 0.5) is 0 Å². The Kier molecular flexibility index (Phi) is 2.88. The van der Waals surface area contributed by atoms with E-state index in [1.165, 1.54) is 32.1 Å². The third kappa shape index (κ3) is 2.13. The second-order valence-electron chi connectivity index (χ2n) is 6.21. The third-order valence-corrected chi connectivity index (χ3v) is 4.16. The largest absolute Gasteiger partial charge is 0.378 e. The Labute approximate surface area is 88.2 Å². The van der Waals surface area contributed by atoms with Gasteiger partial charge in [-0.25, -0.2) is 0 Å². The SMILES string of the molecule is CC(C)(C)C1COC2CCCCC2C1. The lowest BCUT2D eigenvalue weighted by atomic mass is 9.70. The van der Waals surface area contributed by atoms with Gasteiger partial charge in [-0.2, -0.15) is 0 Å². The highest BCUT2D eigenvalue weighted by molar-refractivity contribution is 4.86. The normalized spacial score (nSPS) is 39.2. The molecule has 2 rings (SSSR count). The molecule has 3 unspecified atom stereocenters. The quantitative estimate of drug-likeness (QED) is 0.575. The summed E-state index contributed by atoms with van der Waals surface area (Å²) in [5, 5.41) is 0. The smallest absolute Gasteiger partial charge is 0.0603 e. The molecule has 1 heteroatoms. The molecule has 3 atom stereocenters. The molecule has 1 heterocycles. The van der Waals surface area contributed by atoms with E-state index in [2.05, 4.69) is 20.8 Å². The maximum absolute atomic E-state index is 6.02. The van der Waals surface area contributed by atoms with Gasteiger partial charge in [0.05, 0.1) is 12.7 Å². The molecule has 0 radical (unpaired) electrons. The molecule has 0 N–H and O–H groups in total. The summed E-state index contributed by atoms with van der Waals surface area (Å²) in [4.78, 5) is 0. The van der Waals surface area contributed by atoms with Crippen molar-refractivity contribution in [2.24, 2.45) is 17.3 Å². The molecule has 2 fully saturated rings. The van der Waals surface area contributed by atoms with Crippen molar-refractivity contribution in [1.29, 1.82) is 0 Å². The minimum Gasteiger partial charge on any atom is -0.378 e. The lowest BCUT2D eigenvalue weighted by Crippen LogP contribution is -2.41. The molecule has 0 aromatic carbocycles. The van der Waals surface area contributed by atoms with Crippen LogP contribution < -0.4 is 0 Å². The maximum atomic E-state index is 6.02. The van der Waals surface area contributed by atoms with E-state index in [1.807, 2.05) is 0 Å². The second-order valence-corrected chi connectivity index (χ2v) is 6.21. The summed E-state index contributed by atoms with van der Waals surface area (Å²) in [5.74, 6) is 1.66. The third-order valence-electron chi connectivity index (χ3n) is 4.16. The number of hydrogen-bond donors (Lipinski definition) is 0. The summed E-state index contributed by atoms with van der Waals surface area (Å²) in [6, 6.07) is 0. The van der Waals surface area contributed by atoms with Crippen molar-refractivity contribution in [3.8, 4) is 0 Å². The Bertz CT molecular complexity index is 192. The monoisotopic (exact) mass is 196 g/mol. The number of fused-ring (bicyclic) bond motifs is 1. The van der Waals surface area contributed by atoms with E-state index < -0.39 is 0 Å². The fourth-order valence-corrected chi connectivity index (χ4v) is 2.94. The molecule has 1 saturated carbocycles. The first-order valence-electron chi connectivity index (χ1n) is 6.19. The summed E-state index contributed by atoms with van der Waals surface area (Å²) in [6.45, 7) is 8.06. The molecule has 0 aromatic heterocycles. The molecule has 82 valence electrons. The molecule has 14 heavy (non-hydrogen) atoms. The fourth-order valence-electron chi connectivity index (χ4n) is 2.94. The molecular weight excluding hydrogens is 172 g/mol. The zero-order valence-corrected chi connectivity index (χ0v) is 9.88. The first-order valence-corrected chi connectivity index (χ1v) is 6.19. The van der Waals surface area contributed by atoms with Gasteiger partial charge in [-0.3, -0.25) is 0 Å². The fraction of sp³-hybridized carbons (Fsp3) is 1.00. The zero-order chi connectivity index (χ0) is 10.2. The Hall–Kier alpha value is -0.0400. The molecule has 0 aromatic rings. The van der Waals surface area contributed by atoms with E-state index >= 15 is 0 Å². The molecule has 2 aliphatic rings. The maximum Gasteiger partial charge on any atom is 0.0603 e. The zero-order valence-electron chi connectivity index (χ0n) is 9.88. The predicted octanol–water partition coefficient (Wildman–Crippen LogP) is 3.63. The average Bonchev–Trinajstić information content (AvgIpc) is 2.16. The van der Waals surface area contributed by atoms with Crippen LogP contribution in [0.1, 0.15) is 52.9 Å². The van der Waals surface area contributed by atoms with E-state index in [4.69, 9.17) is 4.74 Å². The number of hydrogen-bond acceptors (Lipinski definition) is 1.